The van der Waals surface area contributed by atoms with Crippen molar-refractivity contribution >= 4 is 16.8 Å². The second-order valence-electron chi connectivity index (χ2n) is 4.99. The van der Waals surface area contributed by atoms with Gasteiger partial charge in [0.05, 0.1) is 12.2 Å². The first-order chi connectivity index (χ1) is 8.83. The molecule has 0 unspecified atom stereocenters. The highest BCUT2D eigenvalue weighted by Crippen LogP contribution is 2.22. The van der Waals surface area contributed by atoms with Gasteiger partial charge in [0.1, 0.15) is 5.52 Å². The van der Waals surface area contributed by atoms with Crippen molar-refractivity contribution in [2.24, 2.45) is 0 Å². The van der Waals surface area contributed by atoms with Crippen molar-refractivity contribution in [1.29, 1.82) is 0 Å². The predicted octanol–water partition coefficient (Wildman–Crippen LogP) is 2.79. The molecule has 1 saturated heterocycles. The van der Waals surface area contributed by atoms with Crippen molar-refractivity contribution in [1.82, 2.24) is 9.88 Å². The topological polar surface area (TPSA) is 55.3 Å². The Kier molecular flexibility index (Phi) is 3.19. The Balaban J connectivity index is 1.79. The van der Waals surface area contributed by atoms with Gasteiger partial charge in [-0.25, -0.2) is 4.98 Å². The lowest BCUT2D eigenvalue weighted by Crippen LogP contribution is -2.24. The molecule has 1 aromatic carbocycles. The third kappa shape index (κ3) is 2.34. The fourth-order valence-corrected chi connectivity index (χ4v) is 2.57. The van der Waals surface area contributed by atoms with E-state index in [9.17, 15) is 0 Å². The van der Waals surface area contributed by atoms with Gasteiger partial charge in [0.2, 0.25) is 5.89 Å². The molecule has 96 valence electrons. The van der Waals surface area contributed by atoms with Gasteiger partial charge in [0.15, 0.2) is 5.58 Å². The van der Waals surface area contributed by atoms with E-state index < -0.39 is 0 Å². The number of oxazole rings is 1. The van der Waals surface area contributed by atoms with Gasteiger partial charge in [0, 0.05) is 0 Å². The number of aromatic nitrogens is 1. The fourth-order valence-electron chi connectivity index (χ4n) is 2.57. The SMILES string of the molecule is Nc1cccc2oc(CN3CCCCCC3)nc12. The molecule has 0 atom stereocenters. The molecule has 4 nitrogen and oxygen atoms in total. The average Bonchev–Trinajstić information content (AvgIpc) is 2.60. The Morgan fingerprint density at radius 3 is 2.67 bits per heavy atom. The number of nitrogen functional groups attached to an aromatic ring is 1. The molecule has 1 aromatic heterocycles. The Hall–Kier alpha value is -1.55. The number of likely N-dealkylation sites (tertiary alicyclic amines) is 1. The number of hydrogen-bond donors (Lipinski definition) is 1. The number of nitrogens with zero attached hydrogens (tertiary/aromatic N) is 2. The van der Waals surface area contributed by atoms with Crippen LogP contribution in [0.5, 0.6) is 0 Å². The molecule has 18 heavy (non-hydrogen) atoms. The third-order valence-corrected chi connectivity index (χ3v) is 3.55. The maximum absolute atomic E-state index is 5.89. The number of anilines is 1. The van der Waals surface area contributed by atoms with Crippen LogP contribution in [0.25, 0.3) is 11.1 Å². The zero-order valence-electron chi connectivity index (χ0n) is 10.6. The van der Waals surface area contributed by atoms with Gasteiger partial charge in [-0.1, -0.05) is 18.9 Å². The van der Waals surface area contributed by atoms with E-state index in [2.05, 4.69) is 9.88 Å². The molecule has 1 aliphatic heterocycles. The molecule has 2 aromatic rings. The molecule has 2 heterocycles. The summed E-state index contributed by atoms with van der Waals surface area (Å²) in [4.78, 5) is 6.93. The molecule has 0 saturated carbocycles. The number of rotatable bonds is 2. The minimum atomic E-state index is 0.693. The fraction of sp³-hybridized carbons (Fsp3) is 0.500. The van der Waals surface area contributed by atoms with Crippen LogP contribution in [0.2, 0.25) is 0 Å². The summed E-state index contributed by atoms with van der Waals surface area (Å²) in [5, 5.41) is 0. The molecule has 2 N–H and O–H groups in total. The monoisotopic (exact) mass is 245 g/mol. The summed E-state index contributed by atoms with van der Waals surface area (Å²) in [6.07, 6.45) is 5.25. The highest BCUT2D eigenvalue weighted by atomic mass is 16.3. The Morgan fingerprint density at radius 1 is 1.17 bits per heavy atom. The van der Waals surface area contributed by atoms with Crippen LogP contribution in [0, 0.1) is 0 Å². The summed E-state index contributed by atoms with van der Waals surface area (Å²) < 4.78 is 5.76. The highest BCUT2D eigenvalue weighted by molar-refractivity contribution is 5.85. The Labute approximate surface area is 107 Å². The smallest absolute Gasteiger partial charge is 0.209 e. The first-order valence-electron chi connectivity index (χ1n) is 6.69. The van der Waals surface area contributed by atoms with Gasteiger partial charge in [0.25, 0.3) is 0 Å². The second kappa shape index (κ2) is 4.98. The van der Waals surface area contributed by atoms with Crippen molar-refractivity contribution in [3.8, 4) is 0 Å². The van der Waals surface area contributed by atoms with Gasteiger partial charge < -0.3 is 10.2 Å². The maximum Gasteiger partial charge on any atom is 0.209 e. The lowest BCUT2D eigenvalue weighted by Gasteiger charge is -2.16. The third-order valence-electron chi connectivity index (χ3n) is 3.55. The molecule has 0 spiro atoms. The van der Waals surface area contributed by atoms with E-state index in [-0.39, 0.29) is 0 Å². The van der Waals surface area contributed by atoms with Crippen LogP contribution in [0.15, 0.2) is 22.6 Å². The van der Waals surface area contributed by atoms with E-state index in [1.165, 1.54) is 25.7 Å². The molecule has 0 aliphatic carbocycles. The van der Waals surface area contributed by atoms with Crippen molar-refractivity contribution in [3.05, 3.63) is 24.1 Å². The van der Waals surface area contributed by atoms with E-state index in [0.717, 1.165) is 36.6 Å². The number of nitrogens with two attached hydrogens (primary N) is 1. The van der Waals surface area contributed by atoms with Crippen molar-refractivity contribution < 1.29 is 4.42 Å². The largest absolute Gasteiger partial charge is 0.439 e. The summed E-state index contributed by atoms with van der Waals surface area (Å²) in [6.45, 7) is 3.09. The number of hydrogen-bond acceptors (Lipinski definition) is 4. The van der Waals surface area contributed by atoms with Crippen LogP contribution in [-0.2, 0) is 6.54 Å². The summed E-state index contributed by atoms with van der Waals surface area (Å²) in [6, 6.07) is 5.68. The van der Waals surface area contributed by atoms with Gasteiger partial charge in [-0.15, -0.1) is 0 Å². The molecule has 0 radical (unpaired) electrons. The van der Waals surface area contributed by atoms with Gasteiger partial charge in [-0.3, -0.25) is 4.90 Å². The number of benzene rings is 1. The predicted molar refractivity (Wildman–Crippen MR) is 72.2 cm³/mol. The van der Waals surface area contributed by atoms with Crippen LogP contribution in [-0.4, -0.2) is 23.0 Å². The molecule has 3 rings (SSSR count). The van der Waals surface area contributed by atoms with Crippen LogP contribution in [0.1, 0.15) is 31.6 Å². The van der Waals surface area contributed by atoms with Gasteiger partial charge in [-0.2, -0.15) is 0 Å². The van der Waals surface area contributed by atoms with Crippen LogP contribution in [0.4, 0.5) is 5.69 Å². The minimum Gasteiger partial charge on any atom is -0.439 e. The lowest BCUT2D eigenvalue weighted by atomic mass is 10.2. The lowest BCUT2D eigenvalue weighted by molar-refractivity contribution is 0.251. The molecule has 0 amide bonds. The second-order valence-corrected chi connectivity index (χ2v) is 4.99. The average molecular weight is 245 g/mol. The molecule has 1 aliphatic rings. The first kappa shape index (κ1) is 11.5. The van der Waals surface area contributed by atoms with Crippen LogP contribution >= 0.6 is 0 Å². The summed E-state index contributed by atoms with van der Waals surface area (Å²) in [5.74, 6) is 0.782. The van der Waals surface area contributed by atoms with E-state index >= 15 is 0 Å². The summed E-state index contributed by atoms with van der Waals surface area (Å²) >= 11 is 0. The molecule has 1 fully saturated rings. The van der Waals surface area contributed by atoms with Gasteiger partial charge >= 0.3 is 0 Å². The zero-order valence-corrected chi connectivity index (χ0v) is 10.6. The van der Waals surface area contributed by atoms with Crippen LogP contribution < -0.4 is 5.73 Å². The van der Waals surface area contributed by atoms with E-state index in [1.807, 2.05) is 18.2 Å². The summed E-state index contributed by atoms with van der Waals surface area (Å²) in [7, 11) is 0. The molecular formula is C14H19N3O. The first-order valence-corrected chi connectivity index (χ1v) is 6.69. The Bertz CT molecular complexity index is 527. The van der Waals surface area contributed by atoms with Crippen molar-refractivity contribution in [2.75, 3.05) is 18.8 Å². The quantitative estimate of drug-likeness (QED) is 0.827. The molecular weight excluding hydrogens is 226 g/mol. The zero-order chi connectivity index (χ0) is 12.4. The van der Waals surface area contributed by atoms with E-state index in [0.29, 0.717) is 5.69 Å². The molecule has 0 bridgehead atoms. The standard InChI is InChI=1S/C14H19N3O/c15-11-6-5-7-12-14(11)16-13(18-12)10-17-8-3-1-2-4-9-17/h5-7H,1-4,8-10,15H2. The van der Waals surface area contributed by atoms with Crippen molar-refractivity contribution in [3.63, 3.8) is 0 Å². The maximum atomic E-state index is 5.89. The minimum absolute atomic E-state index is 0.693. The highest BCUT2D eigenvalue weighted by Gasteiger charge is 2.14. The van der Waals surface area contributed by atoms with Crippen LogP contribution in [0.3, 0.4) is 0 Å². The Morgan fingerprint density at radius 2 is 1.94 bits per heavy atom. The number of fused-ring (bicyclic) bond motifs is 1. The molecule has 4 heteroatoms. The normalized spacial score (nSPS) is 18.0. The van der Waals surface area contributed by atoms with E-state index in [1.54, 1.807) is 0 Å². The number of para-hydroxylation sites is 1. The summed E-state index contributed by atoms with van der Waals surface area (Å²) in [5.41, 5.74) is 8.17. The van der Waals surface area contributed by atoms with E-state index in [4.69, 9.17) is 10.2 Å². The van der Waals surface area contributed by atoms with Gasteiger partial charge in [-0.05, 0) is 38.1 Å². The van der Waals surface area contributed by atoms with Crippen molar-refractivity contribution in [2.45, 2.75) is 32.2 Å².